The van der Waals surface area contributed by atoms with Crippen molar-refractivity contribution in [3.63, 3.8) is 0 Å². The number of hydrogen-bond acceptors (Lipinski definition) is 5. The van der Waals surface area contributed by atoms with E-state index in [1.165, 1.54) is 17.8 Å². The van der Waals surface area contributed by atoms with Gasteiger partial charge in [0.25, 0.3) is 11.6 Å². The maximum absolute atomic E-state index is 11.6. The molecule has 1 aromatic rings. The molecule has 104 valence electrons. The first kappa shape index (κ1) is 15.5. The summed E-state index contributed by atoms with van der Waals surface area (Å²) in [4.78, 5) is 22.6. The molecule has 19 heavy (non-hydrogen) atoms. The smallest absolute Gasteiger partial charge is 0.283 e. The Morgan fingerprint density at radius 1 is 1.53 bits per heavy atom. The Hall–Kier alpha value is -1.60. The van der Waals surface area contributed by atoms with Crippen LogP contribution in [0.2, 0.25) is 0 Å². The summed E-state index contributed by atoms with van der Waals surface area (Å²) in [6.07, 6.45) is 0.569. The van der Waals surface area contributed by atoms with Crippen molar-refractivity contribution in [1.82, 2.24) is 5.32 Å². The van der Waals surface area contributed by atoms with Gasteiger partial charge in [-0.15, -0.1) is 11.8 Å². The van der Waals surface area contributed by atoms with Gasteiger partial charge in [-0.3, -0.25) is 14.9 Å². The van der Waals surface area contributed by atoms with Crippen LogP contribution in [0.1, 0.15) is 23.7 Å². The zero-order valence-corrected chi connectivity index (χ0v) is 11.4. The van der Waals surface area contributed by atoms with Gasteiger partial charge in [-0.2, -0.15) is 0 Å². The molecule has 0 bridgehead atoms. The SMILES string of the molecule is CCNC(=O)c1ccc(SCCCO)c([N+](=O)[O-])c1. The number of rotatable bonds is 7. The number of aliphatic hydroxyl groups is 1. The van der Waals surface area contributed by atoms with Crippen LogP contribution in [0, 0.1) is 10.1 Å². The first-order chi connectivity index (χ1) is 9.10. The summed E-state index contributed by atoms with van der Waals surface area (Å²) < 4.78 is 0. The Labute approximate surface area is 115 Å². The average molecular weight is 284 g/mol. The van der Waals surface area contributed by atoms with Crippen molar-refractivity contribution in [3.05, 3.63) is 33.9 Å². The summed E-state index contributed by atoms with van der Waals surface area (Å²) in [5.41, 5.74) is 0.201. The molecule has 0 saturated carbocycles. The van der Waals surface area contributed by atoms with Crippen LogP contribution in [0.3, 0.4) is 0 Å². The minimum Gasteiger partial charge on any atom is -0.396 e. The monoisotopic (exact) mass is 284 g/mol. The van der Waals surface area contributed by atoms with Gasteiger partial charge in [0.15, 0.2) is 0 Å². The van der Waals surface area contributed by atoms with Gasteiger partial charge in [-0.25, -0.2) is 0 Å². The molecular formula is C12H16N2O4S. The number of thioether (sulfide) groups is 1. The molecule has 0 aliphatic heterocycles. The van der Waals surface area contributed by atoms with Gasteiger partial charge in [-0.1, -0.05) is 0 Å². The molecule has 0 atom stereocenters. The summed E-state index contributed by atoms with van der Waals surface area (Å²) in [5, 5.41) is 22.3. The zero-order valence-electron chi connectivity index (χ0n) is 10.6. The van der Waals surface area contributed by atoms with Crippen molar-refractivity contribution in [2.24, 2.45) is 0 Å². The minimum absolute atomic E-state index is 0.0534. The van der Waals surface area contributed by atoms with E-state index >= 15 is 0 Å². The molecule has 1 aromatic carbocycles. The number of nitrogens with zero attached hydrogens (tertiary/aromatic N) is 1. The van der Waals surface area contributed by atoms with E-state index in [9.17, 15) is 14.9 Å². The van der Waals surface area contributed by atoms with E-state index in [-0.39, 0.29) is 23.8 Å². The lowest BCUT2D eigenvalue weighted by Crippen LogP contribution is -2.22. The fraction of sp³-hybridized carbons (Fsp3) is 0.417. The molecule has 0 spiro atoms. The molecule has 1 rings (SSSR count). The Morgan fingerprint density at radius 3 is 2.84 bits per heavy atom. The maximum atomic E-state index is 11.6. The minimum atomic E-state index is -0.496. The molecule has 0 unspecified atom stereocenters. The summed E-state index contributed by atoms with van der Waals surface area (Å²) in [6.45, 7) is 2.31. The number of carbonyl (C=O) groups excluding carboxylic acids is 1. The van der Waals surface area contributed by atoms with Crippen LogP contribution in [0.4, 0.5) is 5.69 Å². The lowest BCUT2D eigenvalue weighted by Gasteiger charge is -2.05. The van der Waals surface area contributed by atoms with Gasteiger partial charge in [-0.05, 0) is 25.5 Å². The third-order valence-corrected chi connectivity index (χ3v) is 3.46. The number of aliphatic hydroxyl groups excluding tert-OH is 1. The second-order valence-electron chi connectivity index (χ2n) is 3.72. The van der Waals surface area contributed by atoms with Gasteiger partial charge in [0.05, 0.1) is 9.82 Å². The highest BCUT2D eigenvalue weighted by molar-refractivity contribution is 7.99. The Bertz CT molecular complexity index is 465. The molecule has 0 aromatic heterocycles. The van der Waals surface area contributed by atoms with Crippen molar-refractivity contribution < 1.29 is 14.8 Å². The Morgan fingerprint density at radius 2 is 2.26 bits per heavy atom. The lowest BCUT2D eigenvalue weighted by atomic mass is 10.2. The topological polar surface area (TPSA) is 92.5 Å². The van der Waals surface area contributed by atoms with E-state index in [2.05, 4.69) is 5.32 Å². The number of carbonyl (C=O) groups is 1. The highest BCUT2D eigenvalue weighted by Crippen LogP contribution is 2.30. The second-order valence-corrected chi connectivity index (χ2v) is 4.86. The number of hydrogen-bond donors (Lipinski definition) is 2. The zero-order chi connectivity index (χ0) is 14.3. The molecular weight excluding hydrogens is 268 g/mol. The highest BCUT2D eigenvalue weighted by Gasteiger charge is 2.17. The van der Waals surface area contributed by atoms with E-state index in [1.807, 2.05) is 0 Å². The average Bonchev–Trinajstić information content (AvgIpc) is 2.39. The van der Waals surface area contributed by atoms with Crippen molar-refractivity contribution in [1.29, 1.82) is 0 Å². The van der Waals surface area contributed by atoms with Crippen LogP contribution < -0.4 is 5.32 Å². The van der Waals surface area contributed by atoms with Crippen LogP contribution in [0.5, 0.6) is 0 Å². The molecule has 0 aliphatic carbocycles. The summed E-state index contributed by atoms with van der Waals surface area (Å²) >= 11 is 1.30. The van der Waals surface area contributed by atoms with Gasteiger partial charge in [0, 0.05) is 30.5 Å². The molecule has 7 heteroatoms. The van der Waals surface area contributed by atoms with Crippen molar-refractivity contribution in [2.75, 3.05) is 18.9 Å². The van der Waals surface area contributed by atoms with Crippen molar-refractivity contribution in [2.45, 2.75) is 18.2 Å². The lowest BCUT2D eigenvalue weighted by molar-refractivity contribution is -0.387. The van der Waals surface area contributed by atoms with Crippen LogP contribution in [0.25, 0.3) is 0 Å². The Kier molecular flexibility index (Phi) is 6.31. The van der Waals surface area contributed by atoms with E-state index in [1.54, 1.807) is 19.1 Å². The number of benzene rings is 1. The van der Waals surface area contributed by atoms with Gasteiger partial charge >= 0.3 is 0 Å². The molecule has 0 heterocycles. The van der Waals surface area contributed by atoms with Crippen LogP contribution in [-0.2, 0) is 0 Å². The highest BCUT2D eigenvalue weighted by atomic mass is 32.2. The second kappa shape index (κ2) is 7.75. The number of amides is 1. The third-order valence-electron chi connectivity index (χ3n) is 2.32. The van der Waals surface area contributed by atoms with Crippen LogP contribution >= 0.6 is 11.8 Å². The number of nitrogens with one attached hydrogen (secondary N) is 1. The fourth-order valence-electron chi connectivity index (χ4n) is 1.43. The van der Waals surface area contributed by atoms with E-state index in [0.29, 0.717) is 23.6 Å². The molecule has 0 saturated heterocycles. The standard InChI is InChI=1S/C12H16N2O4S/c1-2-13-12(16)9-4-5-11(19-7-3-6-15)10(8-9)14(17)18/h4-5,8,15H,2-3,6-7H2,1H3,(H,13,16). The van der Waals surface area contributed by atoms with Crippen molar-refractivity contribution in [3.8, 4) is 0 Å². The fourth-order valence-corrected chi connectivity index (χ4v) is 2.37. The molecule has 6 nitrogen and oxygen atoms in total. The van der Waals surface area contributed by atoms with Gasteiger partial charge < -0.3 is 10.4 Å². The summed E-state index contributed by atoms with van der Waals surface area (Å²) in [5.74, 6) is 0.273. The molecule has 0 aliphatic rings. The first-order valence-electron chi connectivity index (χ1n) is 5.90. The predicted molar refractivity (Wildman–Crippen MR) is 73.5 cm³/mol. The largest absolute Gasteiger partial charge is 0.396 e. The molecule has 1 amide bonds. The van der Waals surface area contributed by atoms with Gasteiger partial charge in [0.2, 0.25) is 0 Å². The quantitative estimate of drug-likeness (QED) is 0.345. The number of nitro benzene ring substituents is 1. The predicted octanol–water partition coefficient (Wildman–Crippen LogP) is 1.82. The first-order valence-corrected chi connectivity index (χ1v) is 6.89. The Balaban J connectivity index is 2.94. The number of nitro groups is 1. The maximum Gasteiger partial charge on any atom is 0.283 e. The molecule has 0 radical (unpaired) electrons. The van der Waals surface area contributed by atoms with E-state index < -0.39 is 4.92 Å². The summed E-state index contributed by atoms with van der Waals surface area (Å²) in [7, 11) is 0. The van der Waals surface area contributed by atoms with Crippen LogP contribution in [-0.4, -0.2) is 34.8 Å². The van der Waals surface area contributed by atoms with Crippen LogP contribution in [0.15, 0.2) is 23.1 Å². The summed E-state index contributed by atoms with van der Waals surface area (Å²) in [6, 6.07) is 4.43. The van der Waals surface area contributed by atoms with E-state index in [0.717, 1.165) is 0 Å². The molecule has 0 fully saturated rings. The normalized spacial score (nSPS) is 10.2. The van der Waals surface area contributed by atoms with E-state index in [4.69, 9.17) is 5.11 Å². The van der Waals surface area contributed by atoms with Crippen molar-refractivity contribution >= 4 is 23.4 Å². The molecule has 2 N–H and O–H groups in total. The third kappa shape index (κ3) is 4.53. The van der Waals surface area contributed by atoms with Gasteiger partial charge in [0.1, 0.15) is 0 Å².